The molecule has 1 fully saturated rings. The van der Waals surface area contributed by atoms with Gasteiger partial charge in [-0.1, -0.05) is 26.3 Å². The molecule has 5 unspecified atom stereocenters. The van der Waals surface area contributed by atoms with E-state index in [1.165, 1.54) is 7.11 Å². The van der Waals surface area contributed by atoms with Crippen LogP contribution in [0.4, 0.5) is 0 Å². The number of ketones is 1. The Morgan fingerprint density at radius 1 is 1.36 bits per heavy atom. The first-order chi connectivity index (χ1) is 11.7. The van der Waals surface area contributed by atoms with Crippen LogP contribution in [0.5, 0.6) is 0 Å². The van der Waals surface area contributed by atoms with Crippen LogP contribution in [-0.4, -0.2) is 30.6 Å². The molecule has 4 heteroatoms. The molecule has 0 heterocycles. The molecule has 0 aromatic rings. The second-order valence-corrected chi connectivity index (χ2v) is 8.76. The number of rotatable bonds is 6. The summed E-state index contributed by atoms with van der Waals surface area (Å²) in [5.74, 6) is 0.808. The first kappa shape index (κ1) is 20.2. The van der Waals surface area contributed by atoms with E-state index in [-0.39, 0.29) is 36.1 Å². The van der Waals surface area contributed by atoms with E-state index < -0.39 is 5.41 Å². The minimum absolute atomic E-state index is 0.0443. The Morgan fingerprint density at radius 2 is 2.04 bits per heavy atom. The number of methoxy groups -OCH3 is 1. The summed E-state index contributed by atoms with van der Waals surface area (Å²) in [6.45, 7) is 8.82. The number of fused-ring (bicyclic) bond motifs is 1. The Morgan fingerprint density at radius 3 is 2.64 bits per heavy atom. The highest BCUT2D eigenvalue weighted by atomic mass is 16.5. The fourth-order valence-corrected chi connectivity index (χ4v) is 4.96. The number of hydrogen-bond acceptors (Lipinski definition) is 4. The molecular formula is C21H34O4. The molecule has 4 nitrogen and oxygen atoms in total. The largest absolute Gasteiger partial charge is 0.469 e. The number of esters is 1. The Bertz CT molecular complexity index is 552. The molecule has 0 radical (unpaired) electrons. The molecule has 1 saturated carbocycles. The molecule has 5 atom stereocenters. The van der Waals surface area contributed by atoms with Crippen LogP contribution in [0, 0.1) is 28.6 Å². The molecular weight excluding hydrogens is 316 g/mol. The van der Waals surface area contributed by atoms with Gasteiger partial charge in [-0.05, 0) is 68.3 Å². The van der Waals surface area contributed by atoms with Crippen molar-refractivity contribution in [1.82, 2.24) is 0 Å². The van der Waals surface area contributed by atoms with Crippen molar-refractivity contribution in [2.24, 2.45) is 28.6 Å². The Balaban J connectivity index is 2.34. The normalized spacial score (nSPS) is 36.4. The molecule has 0 aliphatic heterocycles. The van der Waals surface area contributed by atoms with Gasteiger partial charge in [0.25, 0.3) is 0 Å². The van der Waals surface area contributed by atoms with Gasteiger partial charge in [-0.25, -0.2) is 0 Å². The lowest BCUT2D eigenvalue weighted by Crippen LogP contribution is -2.49. The average molecular weight is 350 g/mol. The second-order valence-electron chi connectivity index (χ2n) is 8.76. The molecule has 142 valence electrons. The molecule has 0 aromatic heterocycles. The van der Waals surface area contributed by atoms with Crippen LogP contribution < -0.4 is 0 Å². The standard InChI is InChI=1S/C21H34O4/c1-14(9-11-22)8-10-20(3)15(2)6-7-17-18(20)12-16(23)13-21(17,4)19(24)25-5/h12,14-15,17,22H,6-11,13H2,1-5H3. The zero-order valence-electron chi connectivity index (χ0n) is 16.4. The molecule has 2 aliphatic carbocycles. The van der Waals surface area contributed by atoms with Gasteiger partial charge in [-0.3, -0.25) is 9.59 Å². The number of carbonyl (C=O) groups excluding carboxylic acids is 2. The first-order valence-electron chi connectivity index (χ1n) is 9.63. The Kier molecular flexibility index (Phi) is 6.13. The van der Waals surface area contributed by atoms with Crippen LogP contribution in [0.3, 0.4) is 0 Å². The number of aliphatic hydroxyl groups excluding tert-OH is 1. The fraction of sp³-hybridized carbons (Fsp3) is 0.810. The molecule has 0 aromatic carbocycles. The highest BCUT2D eigenvalue weighted by molar-refractivity contribution is 5.97. The van der Waals surface area contributed by atoms with Crippen LogP contribution in [0.25, 0.3) is 0 Å². The van der Waals surface area contributed by atoms with Gasteiger partial charge in [-0.15, -0.1) is 0 Å². The topological polar surface area (TPSA) is 63.6 Å². The summed E-state index contributed by atoms with van der Waals surface area (Å²) in [7, 11) is 1.41. The van der Waals surface area contributed by atoms with Gasteiger partial charge in [0, 0.05) is 13.0 Å². The van der Waals surface area contributed by atoms with Crippen molar-refractivity contribution in [3.05, 3.63) is 11.6 Å². The zero-order chi connectivity index (χ0) is 18.8. The Hall–Kier alpha value is -1.16. The smallest absolute Gasteiger partial charge is 0.312 e. The number of carbonyl (C=O) groups is 2. The summed E-state index contributed by atoms with van der Waals surface area (Å²) < 4.78 is 5.07. The molecule has 0 amide bonds. The monoisotopic (exact) mass is 350 g/mol. The summed E-state index contributed by atoms with van der Waals surface area (Å²) in [5, 5.41) is 9.16. The van der Waals surface area contributed by atoms with Gasteiger partial charge in [0.05, 0.1) is 12.5 Å². The van der Waals surface area contributed by atoms with Crippen LogP contribution in [-0.2, 0) is 14.3 Å². The van der Waals surface area contributed by atoms with Crippen molar-refractivity contribution in [1.29, 1.82) is 0 Å². The molecule has 0 bridgehead atoms. The maximum Gasteiger partial charge on any atom is 0.312 e. The van der Waals surface area contributed by atoms with Gasteiger partial charge in [-0.2, -0.15) is 0 Å². The second kappa shape index (κ2) is 7.61. The van der Waals surface area contributed by atoms with Gasteiger partial charge in [0.15, 0.2) is 5.78 Å². The molecule has 2 rings (SSSR count). The van der Waals surface area contributed by atoms with Crippen molar-refractivity contribution < 1.29 is 19.4 Å². The minimum atomic E-state index is -0.742. The SMILES string of the molecule is COC(=O)C1(C)CC(=O)C=C2C1CCC(C)C2(C)CCC(C)CCO. The van der Waals surface area contributed by atoms with E-state index in [0.717, 1.165) is 37.7 Å². The third-order valence-electron chi connectivity index (χ3n) is 7.07. The van der Waals surface area contributed by atoms with Gasteiger partial charge >= 0.3 is 5.97 Å². The van der Waals surface area contributed by atoms with Crippen molar-refractivity contribution in [3.63, 3.8) is 0 Å². The molecule has 1 N–H and O–H groups in total. The van der Waals surface area contributed by atoms with Gasteiger partial charge in [0.2, 0.25) is 0 Å². The molecule has 25 heavy (non-hydrogen) atoms. The Labute approximate surface area is 152 Å². The van der Waals surface area contributed by atoms with Crippen LogP contribution in [0.15, 0.2) is 11.6 Å². The lowest BCUT2D eigenvalue weighted by atomic mass is 9.51. The van der Waals surface area contributed by atoms with Crippen LogP contribution >= 0.6 is 0 Å². The fourth-order valence-electron chi connectivity index (χ4n) is 4.96. The first-order valence-corrected chi connectivity index (χ1v) is 9.63. The van der Waals surface area contributed by atoms with Crippen molar-refractivity contribution >= 4 is 11.8 Å². The lowest BCUT2D eigenvalue weighted by molar-refractivity contribution is -0.158. The maximum absolute atomic E-state index is 12.5. The number of aliphatic hydroxyl groups is 1. The summed E-state index contributed by atoms with van der Waals surface area (Å²) in [6.07, 6.45) is 6.91. The van der Waals surface area contributed by atoms with E-state index >= 15 is 0 Å². The summed E-state index contributed by atoms with van der Waals surface area (Å²) in [6, 6.07) is 0. The summed E-state index contributed by atoms with van der Waals surface area (Å²) in [4.78, 5) is 25.0. The number of hydrogen-bond donors (Lipinski definition) is 1. The van der Waals surface area contributed by atoms with Crippen LogP contribution in [0.2, 0.25) is 0 Å². The lowest BCUT2D eigenvalue weighted by Gasteiger charge is -2.52. The van der Waals surface area contributed by atoms with E-state index in [1.54, 1.807) is 0 Å². The highest BCUT2D eigenvalue weighted by Gasteiger charge is 2.54. The van der Waals surface area contributed by atoms with E-state index in [2.05, 4.69) is 20.8 Å². The summed E-state index contributed by atoms with van der Waals surface area (Å²) >= 11 is 0. The quantitative estimate of drug-likeness (QED) is 0.738. The highest BCUT2D eigenvalue weighted by Crippen LogP contribution is 2.58. The third kappa shape index (κ3) is 3.69. The van der Waals surface area contributed by atoms with Gasteiger partial charge < -0.3 is 9.84 Å². The molecule has 2 aliphatic rings. The molecule has 0 spiro atoms. The molecule has 0 saturated heterocycles. The minimum Gasteiger partial charge on any atom is -0.469 e. The predicted octanol–water partition coefficient (Wildman–Crippen LogP) is 3.92. The van der Waals surface area contributed by atoms with E-state index in [1.807, 2.05) is 13.0 Å². The van der Waals surface area contributed by atoms with E-state index in [0.29, 0.717) is 11.8 Å². The summed E-state index contributed by atoms with van der Waals surface area (Å²) in [5.41, 5.74) is 0.345. The number of ether oxygens (including phenoxy) is 1. The van der Waals surface area contributed by atoms with Crippen molar-refractivity contribution in [2.75, 3.05) is 13.7 Å². The average Bonchev–Trinajstić information content (AvgIpc) is 2.56. The van der Waals surface area contributed by atoms with Crippen LogP contribution in [0.1, 0.15) is 66.2 Å². The predicted molar refractivity (Wildman–Crippen MR) is 97.9 cm³/mol. The van der Waals surface area contributed by atoms with Crippen molar-refractivity contribution in [2.45, 2.75) is 66.2 Å². The van der Waals surface area contributed by atoms with Gasteiger partial charge in [0.1, 0.15) is 0 Å². The third-order valence-corrected chi connectivity index (χ3v) is 7.07. The van der Waals surface area contributed by atoms with E-state index in [4.69, 9.17) is 9.84 Å². The number of allylic oxidation sites excluding steroid dienone is 2. The zero-order valence-corrected chi connectivity index (χ0v) is 16.4. The maximum atomic E-state index is 12.5. The van der Waals surface area contributed by atoms with Crippen molar-refractivity contribution in [3.8, 4) is 0 Å². The van der Waals surface area contributed by atoms with E-state index in [9.17, 15) is 9.59 Å².